The van der Waals surface area contributed by atoms with E-state index in [2.05, 4.69) is 16.6 Å². The first-order chi connectivity index (χ1) is 6.74. The van der Waals surface area contributed by atoms with Gasteiger partial charge in [-0.15, -0.1) is 0 Å². The Balaban J connectivity index is 2.90. The van der Waals surface area contributed by atoms with E-state index in [-0.39, 0.29) is 5.96 Å². The van der Waals surface area contributed by atoms with Crippen molar-refractivity contribution < 1.29 is 0 Å². The minimum absolute atomic E-state index is 0.223. The van der Waals surface area contributed by atoms with Crippen molar-refractivity contribution in [1.82, 2.24) is 0 Å². The van der Waals surface area contributed by atoms with E-state index in [9.17, 15) is 0 Å². The van der Waals surface area contributed by atoms with Crippen LogP contribution >= 0.6 is 0 Å². The van der Waals surface area contributed by atoms with Crippen LogP contribution in [0.1, 0.15) is 12.5 Å². The second kappa shape index (κ2) is 4.97. The number of hydrogen-bond donors (Lipinski definition) is 1. The smallest absolute Gasteiger partial charge is 0.220 e. The Bertz CT molecular complexity index is 363. The van der Waals surface area contributed by atoms with Crippen LogP contribution in [-0.2, 0) is 0 Å². The van der Waals surface area contributed by atoms with Gasteiger partial charge in [0, 0.05) is 11.9 Å². The van der Waals surface area contributed by atoms with Crippen LogP contribution in [0, 0.1) is 0 Å². The van der Waals surface area contributed by atoms with Gasteiger partial charge in [0.25, 0.3) is 0 Å². The molecule has 1 aromatic rings. The molecule has 0 bridgehead atoms. The van der Waals surface area contributed by atoms with Crippen LogP contribution in [0.5, 0.6) is 0 Å². The van der Waals surface area contributed by atoms with Crippen LogP contribution < -0.4 is 5.73 Å². The fraction of sp³-hybridized carbons (Fsp3) is 0.0909. The molecule has 0 radical (unpaired) electrons. The van der Waals surface area contributed by atoms with Gasteiger partial charge in [0.2, 0.25) is 5.96 Å². The lowest BCUT2D eigenvalue weighted by Crippen LogP contribution is -2.10. The van der Waals surface area contributed by atoms with E-state index in [4.69, 9.17) is 5.73 Å². The highest BCUT2D eigenvalue weighted by molar-refractivity contribution is 6.05. The van der Waals surface area contributed by atoms with Gasteiger partial charge in [0.05, 0.1) is 0 Å². The number of rotatable bonds is 2. The number of nitrogens with zero attached hydrogens (tertiary/aromatic N) is 2. The van der Waals surface area contributed by atoms with Gasteiger partial charge in [-0.1, -0.05) is 36.9 Å². The minimum atomic E-state index is 0.223. The van der Waals surface area contributed by atoms with Crippen LogP contribution in [0.3, 0.4) is 0 Å². The number of nitrogens with two attached hydrogens (primary N) is 1. The van der Waals surface area contributed by atoms with Crippen molar-refractivity contribution in [3.63, 3.8) is 0 Å². The lowest BCUT2D eigenvalue weighted by Gasteiger charge is -1.98. The van der Waals surface area contributed by atoms with Gasteiger partial charge in [-0.3, -0.25) is 0 Å². The molecule has 0 atom stereocenters. The van der Waals surface area contributed by atoms with Gasteiger partial charge in [-0.25, -0.2) is 9.98 Å². The van der Waals surface area contributed by atoms with Crippen molar-refractivity contribution in [2.24, 2.45) is 15.7 Å². The van der Waals surface area contributed by atoms with Crippen molar-refractivity contribution in [1.29, 1.82) is 0 Å². The predicted octanol–water partition coefficient (Wildman–Crippen LogP) is 1.95. The fourth-order valence-corrected chi connectivity index (χ4v) is 1.04. The van der Waals surface area contributed by atoms with Gasteiger partial charge in [0.1, 0.15) is 0 Å². The largest absolute Gasteiger partial charge is 0.368 e. The second-order valence-electron chi connectivity index (χ2n) is 2.73. The molecule has 72 valence electrons. The van der Waals surface area contributed by atoms with E-state index in [1.165, 1.54) is 6.20 Å². The van der Waals surface area contributed by atoms with E-state index < -0.39 is 0 Å². The first-order valence-electron chi connectivity index (χ1n) is 4.29. The molecule has 1 rings (SSSR count). The molecule has 14 heavy (non-hydrogen) atoms. The zero-order valence-electron chi connectivity index (χ0n) is 8.14. The molecule has 0 aliphatic rings. The minimum Gasteiger partial charge on any atom is -0.368 e. The molecule has 0 amide bonds. The first kappa shape index (κ1) is 10.2. The Morgan fingerprint density at radius 1 is 1.36 bits per heavy atom. The maximum Gasteiger partial charge on any atom is 0.220 e. The normalized spacial score (nSPS) is 12.6. The van der Waals surface area contributed by atoms with Crippen LogP contribution in [0.4, 0.5) is 0 Å². The molecule has 1 aromatic carbocycles. The molecular formula is C11H13N3. The summed E-state index contributed by atoms with van der Waals surface area (Å²) in [6, 6.07) is 9.81. The van der Waals surface area contributed by atoms with E-state index in [1.807, 2.05) is 37.3 Å². The average Bonchev–Trinajstić information content (AvgIpc) is 2.19. The van der Waals surface area contributed by atoms with Gasteiger partial charge in [-0.2, -0.15) is 0 Å². The van der Waals surface area contributed by atoms with Crippen LogP contribution in [-0.4, -0.2) is 11.7 Å². The summed E-state index contributed by atoms with van der Waals surface area (Å²) in [6.45, 7) is 5.33. The highest BCUT2D eigenvalue weighted by Crippen LogP contribution is 2.00. The highest BCUT2D eigenvalue weighted by Gasteiger charge is 1.95. The summed E-state index contributed by atoms with van der Waals surface area (Å²) in [6.07, 6.45) is 1.37. The van der Waals surface area contributed by atoms with E-state index in [0.29, 0.717) is 0 Å². The fourth-order valence-electron chi connectivity index (χ4n) is 1.04. The molecule has 0 aliphatic carbocycles. The molecule has 0 saturated heterocycles. The molecule has 3 nitrogen and oxygen atoms in total. The highest BCUT2D eigenvalue weighted by atomic mass is 15.0. The molecule has 2 N–H and O–H groups in total. The number of aliphatic imine (C=N–C) groups is 2. The van der Waals surface area contributed by atoms with Crippen molar-refractivity contribution in [3.05, 3.63) is 48.7 Å². The standard InChI is InChI=1S/C11H13N3/c1-3-13-11(12)14-9(2)10-7-5-4-6-8-10/h3-8H,1H2,2H3,(H2,12,13)/b14-9+. The van der Waals surface area contributed by atoms with Crippen LogP contribution in [0.25, 0.3) is 0 Å². The SMILES string of the molecule is C=CN=C(N)/N=C(\C)c1ccccc1. The number of hydrogen-bond acceptors (Lipinski definition) is 1. The Morgan fingerprint density at radius 2 is 2.00 bits per heavy atom. The van der Waals surface area contributed by atoms with Gasteiger partial charge in [-0.05, 0) is 12.5 Å². The van der Waals surface area contributed by atoms with E-state index >= 15 is 0 Å². The predicted molar refractivity (Wildman–Crippen MR) is 60.5 cm³/mol. The Labute approximate surface area is 83.7 Å². The van der Waals surface area contributed by atoms with Crippen molar-refractivity contribution in [2.75, 3.05) is 0 Å². The molecule has 0 aliphatic heterocycles. The Hall–Kier alpha value is -1.90. The summed E-state index contributed by atoms with van der Waals surface area (Å²) in [4.78, 5) is 7.87. The summed E-state index contributed by atoms with van der Waals surface area (Å²) >= 11 is 0. The maximum absolute atomic E-state index is 5.51. The van der Waals surface area contributed by atoms with Crippen molar-refractivity contribution >= 4 is 11.7 Å². The molecule has 0 heterocycles. The first-order valence-corrected chi connectivity index (χ1v) is 4.29. The average molecular weight is 187 g/mol. The van der Waals surface area contributed by atoms with E-state index in [0.717, 1.165) is 11.3 Å². The molecule has 0 saturated carbocycles. The maximum atomic E-state index is 5.51. The zero-order chi connectivity index (χ0) is 10.4. The van der Waals surface area contributed by atoms with Crippen molar-refractivity contribution in [2.45, 2.75) is 6.92 Å². The number of guanidine groups is 1. The van der Waals surface area contributed by atoms with Crippen LogP contribution in [0.2, 0.25) is 0 Å². The summed E-state index contributed by atoms with van der Waals surface area (Å²) in [5.41, 5.74) is 7.39. The molecule has 0 fully saturated rings. The topological polar surface area (TPSA) is 50.7 Å². The summed E-state index contributed by atoms with van der Waals surface area (Å²) in [7, 11) is 0. The van der Waals surface area contributed by atoms with Gasteiger partial charge in [0.15, 0.2) is 0 Å². The van der Waals surface area contributed by atoms with Crippen molar-refractivity contribution in [3.8, 4) is 0 Å². The molecular weight excluding hydrogens is 174 g/mol. The second-order valence-corrected chi connectivity index (χ2v) is 2.73. The molecule has 3 heteroatoms. The van der Waals surface area contributed by atoms with E-state index in [1.54, 1.807) is 0 Å². The summed E-state index contributed by atoms with van der Waals surface area (Å²) < 4.78 is 0. The quantitative estimate of drug-likeness (QED) is 0.558. The summed E-state index contributed by atoms with van der Waals surface area (Å²) in [5, 5.41) is 0. The third-order valence-corrected chi connectivity index (χ3v) is 1.70. The molecule has 0 aromatic heterocycles. The van der Waals surface area contributed by atoms with Gasteiger partial charge < -0.3 is 5.73 Å². The third-order valence-electron chi connectivity index (χ3n) is 1.70. The van der Waals surface area contributed by atoms with Crippen LogP contribution in [0.15, 0.2) is 53.1 Å². The Morgan fingerprint density at radius 3 is 2.57 bits per heavy atom. The third kappa shape index (κ3) is 2.86. The lowest BCUT2D eigenvalue weighted by atomic mass is 10.1. The number of benzene rings is 1. The molecule has 0 unspecified atom stereocenters. The lowest BCUT2D eigenvalue weighted by molar-refractivity contribution is 1.42. The summed E-state index contributed by atoms with van der Waals surface area (Å²) in [5.74, 6) is 0.223. The molecule has 0 spiro atoms. The zero-order valence-corrected chi connectivity index (χ0v) is 8.14. The Kier molecular flexibility index (Phi) is 3.61. The monoisotopic (exact) mass is 187 g/mol. The van der Waals surface area contributed by atoms with Gasteiger partial charge >= 0.3 is 0 Å².